The van der Waals surface area contributed by atoms with Gasteiger partial charge in [-0.25, -0.2) is 0 Å². The van der Waals surface area contributed by atoms with E-state index < -0.39 is 0 Å². The molecule has 0 aliphatic heterocycles. The lowest BCUT2D eigenvalue weighted by Gasteiger charge is -2.09. The van der Waals surface area contributed by atoms with E-state index in [-0.39, 0.29) is 0 Å². The molecule has 1 rings (SSSR count). The van der Waals surface area contributed by atoms with Crippen molar-refractivity contribution in [3.8, 4) is 5.75 Å². The Bertz CT molecular complexity index is 388. The van der Waals surface area contributed by atoms with Crippen LogP contribution in [0.5, 0.6) is 5.75 Å². The highest BCUT2D eigenvalue weighted by molar-refractivity contribution is 6.43. The standard InChI is InChI=1S/C13H18Cl3NO2/c1-18-7-5-17-4-2-3-6-19-13-9-11(15)10(14)8-12(13)16/h8-9,17H,2-7H2,1H3. The molecule has 0 heterocycles. The van der Waals surface area contributed by atoms with Crippen molar-refractivity contribution in [1.82, 2.24) is 5.32 Å². The average molecular weight is 327 g/mol. The summed E-state index contributed by atoms with van der Waals surface area (Å²) in [7, 11) is 1.69. The van der Waals surface area contributed by atoms with Crippen LogP contribution in [0.25, 0.3) is 0 Å². The van der Waals surface area contributed by atoms with Crippen LogP contribution in [0.3, 0.4) is 0 Å². The Balaban J connectivity index is 2.17. The summed E-state index contributed by atoms with van der Waals surface area (Å²) in [6, 6.07) is 3.23. The van der Waals surface area contributed by atoms with Gasteiger partial charge in [0.25, 0.3) is 0 Å². The number of rotatable bonds is 9. The number of hydrogen-bond donors (Lipinski definition) is 1. The minimum atomic E-state index is 0.432. The van der Waals surface area contributed by atoms with Gasteiger partial charge in [0, 0.05) is 19.7 Å². The molecule has 1 aromatic carbocycles. The molecule has 0 saturated heterocycles. The largest absolute Gasteiger partial charge is 0.492 e. The van der Waals surface area contributed by atoms with E-state index in [1.807, 2.05) is 0 Å². The van der Waals surface area contributed by atoms with E-state index in [4.69, 9.17) is 44.3 Å². The summed E-state index contributed by atoms with van der Waals surface area (Å²) in [5.41, 5.74) is 0. The first-order chi connectivity index (χ1) is 9.15. The fourth-order valence-corrected chi connectivity index (χ4v) is 2.04. The molecule has 0 spiro atoms. The van der Waals surface area contributed by atoms with Gasteiger partial charge in [-0.2, -0.15) is 0 Å². The van der Waals surface area contributed by atoms with Crippen LogP contribution < -0.4 is 10.1 Å². The SMILES string of the molecule is COCCNCCCCOc1cc(Cl)c(Cl)cc1Cl. The summed E-state index contributed by atoms with van der Waals surface area (Å²) in [5, 5.41) is 4.63. The summed E-state index contributed by atoms with van der Waals surface area (Å²) in [5.74, 6) is 0.573. The monoisotopic (exact) mass is 325 g/mol. The van der Waals surface area contributed by atoms with E-state index in [0.29, 0.717) is 27.4 Å². The fraction of sp³-hybridized carbons (Fsp3) is 0.538. The second-order valence-corrected chi connectivity index (χ2v) is 5.22. The molecule has 0 aliphatic rings. The molecule has 1 aromatic rings. The van der Waals surface area contributed by atoms with Gasteiger partial charge < -0.3 is 14.8 Å². The highest BCUT2D eigenvalue weighted by Crippen LogP contribution is 2.33. The highest BCUT2D eigenvalue weighted by Gasteiger charge is 2.06. The molecule has 108 valence electrons. The van der Waals surface area contributed by atoms with Crippen molar-refractivity contribution < 1.29 is 9.47 Å². The van der Waals surface area contributed by atoms with Crippen molar-refractivity contribution in [2.75, 3.05) is 33.4 Å². The normalized spacial score (nSPS) is 10.7. The van der Waals surface area contributed by atoms with Crippen molar-refractivity contribution in [3.63, 3.8) is 0 Å². The van der Waals surface area contributed by atoms with Crippen LogP contribution in [0.15, 0.2) is 12.1 Å². The Hall–Kier alpha value is -0.190. The summed E-state index contributed by atoms with van der Waals surface area (Å²) >= 11 is 17.7. The van der Waals surface area contributed by atoms with Crippen LogP contribution >= 0.6 is 34.8 Å². The van der Waals surface area contributed by atoms with Crippen molar-refractivity contribution in [2.24, 2.45) is 0 Å². The van der Waals surface area contributed by atoms with Gasteiger partial charge >= 0.3 is 0 Å². The van der Waals surface area contributed by atoms with Gasteiger partial charge in [-0.1, -0.05) is 34.8 Å². The van der Waals surface area contributed by atoms with Crippen LogP contribution in [-0.2, 0) is 4.74 Å². The van der Waals surface area contributed by atoms with Gasteiger partial charge in [0.15, 0.2) is 0 Å². The van der Waals surface area contributed by atoms with Crippen LogP contribution in [0.4, 0.5) is 0 Å². The topological polar surface area (TPSA) is 30.5 Å². The molecule has 0 bridgehead atoms. The summed E-state index contributed by atoms with van der Waals surface area (Å²) in [4.78, 5) is 0. The predicted octanol–water partition coefficient (Wildman–Crippen LogP) is 4.04. The zero-order valence-corrected chi connectivity index (χ0v) is 13.1. The number of benzene rings is 1. The van der Waals surface area contributed by atoms with Crippen molar-refractivity contribution in [1.29, 1.82) is 0 Å². The lowest BCUT2D eigenvalue weighted by Crippen LogP contribution is -2.20. The van der Waals surface area contributed by atoms with Crippen LogP contribution in [0.2, 0.25) is 15.1 Å². The molecular formula is C13H18Cl3NO2. The maximum atomic E-state index is 6.00. The molecule has 0 aromatic heterocycles. The van der Waals surface area contributed by atoms with E-state index in [1.54, 1.807) is 19.2 Å². The molecule has 0 radical (unpaired) electrons. The van der Waals surface area contributed by atoms with Crippen LogP contribution in [0.1, 0.15) is 12.8 Å². The van der Waals surface area contributed by atoms with E-state index in [0.717, 1.165) is 32.5 Å². The quantitative estimate of drug-likeness (QED) is 0.549. The lowest BCUT2D eigenvalue weighted by atomic mass is 10.3. The Morgan fingerprint density at radius 2 is 1.68 bits per heavy atom. The number of hydrogen-bond acceptors (Lipinski definition) is 3. The Labute approximate surface area is 129 Å². The number of ether oxygens (including phenoxy) is 2. The zero-order chi connectivity index (χ0) is 14.1. The third kappa shape index (κ3) is 6.68. The van der Waals surface area contributed by atoms with Gasteiger partial charge in [0.2, 0.25) is 0 Å². The van der Waals surface area contributed by atoms with Crippen molar-refractivity contribution >= 4 is 34.8 Å². The maximum Gasteiger partial charge on any atom is 0.139 e. The molecule has 6 heteroatoms. The lowest BCUT2D eigenvalue weighted by molar-refractivity contribution is 0.199. The molecule has 0 unspecified atom stereocenters. The average Bonchev–Trinajstić information content (AvgIpc) is 2.38. The summed E-state index contributed by atoms with van der Waals surface area (Å²) in [6.07, 6.45) is 1.97. The van der Waals surface area contributed by atoms with Gasteiger partial charge in [-0.05, 0) is 25.5 Å². The molecule has 3 nitrogen and oxygen atoms in total. The third-order valence-corrected chi connectivity index (χ3v) is 3.48. The number of methoxy groups -OCH3 is 1. The zero-order valence-electron chi connectivity index (χ0n) is 10.8. The van der Waals surface area contributed by atoms with Gasteiger partial charge in [-0.3, -0.25) is 0 Å². The molecule has 0 aliphatic carbocycles. The minimum Gasteiger partial charge on any atom is -0.492 e. The molecule has 0 amide bonds. The summed E-state index contributed by atoms with van der Waals surface area (Å²) < 4.78 is 10.5. The van der Waals surface area contributed by atoms with Crippen LogP contribution in [-0.4, -0.2) is 33.4 Å². The first-order valence-corrected chi connectivity index (χ1v) is 7.25. The van der Waals surface area contributed by atoms with E-state index in [9.17, 15) is 0 Å². The number of halogens is 3. The Morgan fingerprint density at radius 3 is 2.42 bits per heavy atom. The minimum absolute atomic E-state index is 0.432. The van der Waals surface area contributed by atoms with Crippen molar-refractivity contribution in [2.45, 2.75) is 12.8 Å². The molecule has 0 atom stereocenters. The molecule has 19 heavy (non-hydrogen) atoms. The predicted molar refractivity (Wildman–Crippen MR) is 80.9 cm³/mol. The first kappa shape index (κ1) is 16.9. The van der Waals surface area contributed by atoms with E-state index in [1.165, 1.54) is 0 Å². The summed E-state index contributed by atoms with van der Waals surface area (Å²) in [6.45, 7) is 3.15. The Kier molecular flexibility index (Phi) is 8.58. The first-order valence-electron chi connectivity index (χ1n) is 6.12. The van der Waals surface area contributed by atoms with E-state index >= 15 is 0 Å². The third-order valence-electron chi connectivity index (χ3n) is 2.46. The fourth-order valence-electron chi connectivity index (χ4n) is 1.45. The smallest absolute Gasteiger partial charge is 0.139 e. The second-order valence-electron chi connectivity index (χ2n) is 4.00. The van der Waals surface area contributed by atoms with Crippen molar-refractivity contribution in [3.05, 3.63) is 27.2 Å². The van der Waals surface area contributed by atoms with Gasteiger partial charge in [0.1, 0.15) is 5.75 Å². The molecule has 0 saturated carbocycles. The maximum absolute atomic E-state index is 6.00. The van der Waals surface area contributed by atoms with Gasteiger partial charge in [0.05, 0.1) is 28.3 Å². The molecular weight excluding hydrogens is 309 g/mol. The van der Waals surface area contributed by atoms with E-state index in [2.05, 4.69) is 5.32 Å². The highest BCUT2D eigenvalue weighted by atomic mass is 35.5. The van der Waals surface area contributed by atoms with Crippen LogP contribution in [0, 0.1) is 0 Å². The second kappa shape index (κ2) is 9.67. The molecule has 1 N–H and O–H groups in total. The number of unbranched alkanes of at least 4 members (excludes halogenated alkanes) is 1. The van der Waals surface area contributed by atoms with Gasteiger partial charge in [-0.15, -0.1) is 0 Å². The molecule has 0 fully saturated rings. The number of nitrogens with one attached hydrogen (secondary N) is 1. The Morgan fingerprint density at radius 1 is 0.947 bits per heavy atom.